The van der Waals surface area contributed by atoms with E-state index in [1.165, 1.54) is 0 Å². The van der Waals surface area contributed by atoms with Crippen LogP contribution in [0.1, 0.15) is 30.5 Å². The van der Waals surface area contributed by atoms with Crippen LogP contribution in [-0.4, -0.2) is 12.4 Å². The average molecular weight is 371 g/mol. The predicted molar refractivity (Wildman–Crippen MR) is 60.1 cm³/mol. The summed E-state index contributed by atoms with van der Waals surface area (Å²) in [5.41, 5.74) is -8.21. The molecule has 1 radical (unpaired) electrons. The van der Waals surface area contributed by atoms with Crippen molar-refractivity contribution < 1.29 is 49.0 Å². The number of hydrogen-bond acceptors (Lipinski definition) is 0. The van der Waals surface area contributed by atoms with Crippen LogP contribution in [0, 0.1) is 0 Å². The lowest BCUT2D eigenvalue weighted by atomic mass is 9.87. The normalized spacial score (nSPS) is 14.9. The van der Waals surface area contributed by atoms with Gasteiger partial charge in [-0.25, -0.2) is 5.11 Å². The fraction of sp³-hybridized carbons (Fsp3) is 0.538. The van der Waals surface area contributed by atoms with Crippen molar-refractivity contribution in [3.05, 3.63) is 34.9 Å². The zero-order valence-electron chi connectivity index (χ0n) is 11.9. The second kappa shape index (κ2) is 5.50. The lowest BCUT2D eigenvalue weighted by Gasteiger charge is -2.28. The van der Waals surface area contributed by atoms with E-state index in [9.17, 15) is 49.0 Å². The molecule has 0 amide bonds. The summed E-state index contributed by atoms with van der Waals surface area (Å²) in [6.07, 6.45) is -12.5. The molecule has 0 spiro atoms. The summed E-state index contributed by atoms with van der Waals surface area (Å²) in [6.45, 7) is 1.33. The van der Waals surface area contributed by atoms with Gasteiger partial charge in [-0.15, -0.1) is 0 Å². The molecule has 0 saturated heterocycles. The van der Waals surface area contributed by atoms with Gasteiger partial charge in [0.15, 0.2) is 0 Å². The highest BCUT2D eigenvalue weighted by Crippen LogP contribution is 2.50. The first-order valence-electron chi connectivity index (χ1n) is 6.08. The van der Waals surface area contributed by atoms with Gasteiger partial charge in [0.25, 0.3) is 0 Å². The van der Waals surface area contributed by atoms with Crippen LogP contribution >= 0.6 is 0 Å². The Morgan fingerprint density at radius 2 is 1.08 bits per heavy atom. The van der Waals surface area contributed by atoms with Crippen LogP contribution in [0.5, 0.6) is 0 Å². The van der Waals surface area contributed by atoms with Gasteiger partial charge in [-0.1, -0.05) is 12.1 Å². The van der Waals surface area contributed by atoms with Crippen molar-refractivity contribution in [1.29, 1.82) is 0 Å². The SMILES string of the molecule is CC(C)([O])c1ccc(C(F)(F)C(F)(F)F)cc1C(F)(F)C(F)(F)F. The third kappa shape index (κ3) is 3.45. The Hall–Kier alpha value is -1.52. The zero-order valence-corrected chi connectivity index (χ0v) is 11.9. The standard InChI is InChI=1S/C13H9F10O/c1-9(2,24)7-4-3-6(10(14,15)12(18,19)20)5-8(7)11(16,17)13(21,22)23/h3-5H,1-2H3. The van der Waals surface area contributed by atoms with Crippen LogP contribution in [0.15, 0.2) is 18.2 Å². The number of alkyl halides is 10. The maximum absolute atomic E-state index is 13.5. The van der Waals surface area contributed by atoms with Gasteiger partial charge in [0.05, 0.1) is 0 Å². The summed E-state index contributed by atoms with van der Waals surface area (Å²) in [6, 6.07) is -0.509. The first kappa shape index (κ1) is 20.5. The van der Waals surface area contributed by atoms with Crippen LogP contribution < -0.4 is 0 Å². The molecule has 1 aromatic rings. The average Bonchev–Trinajstić information content (AvgIpc) is 2.34. The fourth-order valence-electron chi connectivity index (χ4n) is 1.84. The van der Waals surface area contributed by atoms with Crippen LogP contribution in [0.3, 0.4) is 0 Å². The van der Waals surface area contributed by atoms with Crippen molar-refractivity contribution in [2.24, 2.45) is 0 Å². The molecular weight excluding hydrogens is 362 g/mol. The molecule has 0 saturated carbocycles. The van der Waals surface area contributed by atoms with Crippen LogP contribution in [-0.2, 0) is 22.6 Å². The van der Waals surface area contributed by atoms with E-state index in [1.807, 2.05) is 0 Å². The minimum Gasteiger partial charge on any atom is -0.225 e. The van der Waals surface area contributed by atoms with E-state index in [0.29, 0.717) is 13.8 Å². The smallest absolute Gasteiger partial charge is 0.225 e. The molecule has 1 aromatic carbocycles. The van der Waals surface area contributed by atoms with Crippen LogP contribution in [0.25, 0.3) is 0 Å². The quantitative estimate of drug-likeness (QED) is 0.611. The van der Waals surface area contributed by atoms with Gasteiger partial charge in [-0.2, -0.15) is 43.9 Å². The molecule has 0 fully saturated rings. The molecule has 0 aliphatic carbocycles. The molecule has 0 atom stereocenters. The Bertz CT molecular complexity index is 607. The molecule has 0 unspecified atom stereocenters. The van der Waals surface area contributed by atoms with Gasteiger partial charge in [0.2, 0.25) is 0 Å². The van der Waals surface area contributed by atoms with E-state index in [-0.39, 0.29) is 12.1 Å². The maximum Gasteiger partial charge on any atom is 0.458 e. The fourth-order valence-corrected chi connectivity index (χ4v) is 1.84. The summed E-state index contributed by atoms with van der Waals surface area (Å²) < 4.78 is 128. The van der Waals surface area contributed by atoms with E-state index in [4.69, 9.17) is 0 Å². The minimum atomic E-state index is -6.29. The van der Waals surface area contributed by atoms with E-state index >= 15 is 0 Å². The lowest BCUT2D eigenvalue weighted by molar-refractivity contribution is -0.292. The molecule has 0 bridgehead atoms. The molecule has 0 aliphatic rings. The first-order chi connectivity index (χ1) is 10.3. The Labute approximate surface area is 128 Å². The minimum absolute atomic E-state index is 0.00156. The Kier molecular flexibility index (Phi) is 4.70. The van der Waals surface area contributed by atoms with Gasteiger partial charge in [-0.05, 0) is 25.5 Å². The molecule has 0 N–H and O–H groups in total. The molecule has 11 heteroatoms. The summed E-state index contributed by atoms with van der Waals surface area (Å²) >= 11 is 0. The molecule has 137 valence electrons. The Balaban J connectivity index is 3.75. The Morgan fingerprint density at radius 3 is 1.42 bits per heavy atom. The third-order valence-electron chi connectivity index (χ3n) is 3.08. The molecular formula is C13H9F10O. The lowest BCUT2D eigenvalue weighted by Crippen LogP contribution is -2.38. The third-order valence-corrected chi connectivity index (χ3v) is 3.08. The van der Waals surface area contributed by atoms with Crippen molar-refractivity contribution in [2.45, 2.75) is 43.6 Å². The van der Waals surface area contributed by atoms with Gasteiger partial charge in [0, 0.05) is 11.1 Å². The van der Waals surface area contributed by atoms with Crippen molar-refractivity contribution >= 4 is 0 Å². The van der Waals surface area contributed by atoms with Crippen molar-refractivity contribution in [3.63, 3.8) is 0 Å². The van der Waals surface area contributed by atoms with Gasteiger partial charge in [0.1, 0.15) is 5.60 Å². The topological polar surface area (TPSA) is 19.9 Å². The van der Waals surface area contributed by atoms with Gasteiger partial charge >= 0.3 is 24.2 Å². The summed E-state index contributed by atoms with van der Waals surface area (Å²) in [7, 11) is 0. The number of rotatable bonds is 3. The molecule has 1 rings (SSSR count). The van der Waals surface area contributed by atoms with E-state index < -0.39 is 52.6 Å². The van der Waals surface area contributed by atoms with Crippen LogP contribution in [0.4, 0.5) is 43.9 Å². The van der Waals surface area contributed by atoms with E-state index in [2.05, 4.69) is 0 Å². The Morgan fingerprint density at radius 1 is 0.667 bits per heavy atom. The molecule has 1 nitrogen and oxygen atoms in total. The van der Waals surface area contributed by atoms with E-state index in [1.54, 1.807) is 0 Å². The predicted octanol–water partition coefficient (Wildman–Crippen LogP) is 5.66. The number of halogens is 10. The van der Waals surface area contributed by atoms with E-state index in [0.717, 1.165) is 0 Å². The number of hydrogen-bond donors (Lipinski definition) is 0. The van der Waals surface area contributed by atoms with Crippen molar-refractivity contribution in [1.82, 2.24) is 0 Å². The van der Waals surface area contributed by atoms with Crippen molar-refractivity contribution in [2.75, 3.05) is 0 Å². The summed E-state index contributed by atoms with van der Waals surface area (Å²) in [5.74, 6) is -11.5. The summed E-state index contributed by atoms with van der Waals surface area (Å²) in [4.78, 5) is 0. The molecule has 0 aromatic heterocycles. The molecule has 0 aliphatic heterocycles. The maximum atomic E-state index is 13.5. The monoisotopic (exact) mass is 371 g/mol. The largest absolute Gasteiger partial charge is 0.458 e. The first-order valence-corrected chi connectivity index (χ1v) is 6.08. The van der Waals surface area contributed by atoms with Crippen LogP contribution in [0.2, 0.25) is 0 Å². The molecule has 0 heterocycles. The van der Waals surface area contributed by atoms with Gasteiger partial charge in [-0.3, -0.25) is 0 Å². The second-order valence-corrected chi connectivity index (χ2v) is 5.41. The molecule has 24 heavy (non-hydrogen) atoms. The van der Waals surface area contributed by atoms with Gasteiger partial charge < -0.3 is 0 Å². The van der Waals surface area contributed by atoms with Crippen molar-refractivity contribution in [3.8, 4) is 0 Å². The highest BCUT2D eigenvalue weighted by atomic mass is 19.4. The summed E-state index contributed by atoms with van der Waals surface area (Å²) in [5, 5.41) is 11.7. The number of benzene rings is 1. The second-order valence-electron chi connectivity index (χ2n) is 5.41. The highest BCUT2D eigenvalue weighted by molar-refractivity contribution is 5.41. The highest BCUT2D eigenvalue weighted by Gasteiger charge is 2.62. The zero-order chi connectivity index (χ0) is 19.4.